The van der Waals surface area contributed by atoms with E-state index in [2.05, 4.69) is 30.0 Å². The number of carbonyl (C=O) groups excluding carboxylic acids is 1. The molecular weight excluding hydrogens is 346 g/mol. The minimum atomic E-state index is -1.12. The average molecular weight is 367 g/mol. The first-order valence-corrected chi connectivity index (χ1v) is 8.99. The van der Waals surface area contributed by atoms with Crippen LogP contribution in [0.1, 0.15) is 44.3 Å². The van der Waals surface area contributed by atoms with Gasteiger partial charge in [-0.3, -0.25) is 9.48 Å². The van der Waals surface area contributed by atoms with Crippen LogP contribution in [0.5, 0.6) is 0 Å². The summed E-state index contributed by atoms with van der Waals surface area (Å²) in [5.74, 6) is -0.370. The predicted octanol–water partition coefficient (Wildman–Crippen LogP) is 2.16. The third-order valence-corrected chi connectivity index (χ3v) is 5.16. The van der Waals surface area contributed by atoms with Gasteiger partial charge in [-0.2, -0.15) is 5.10 Å². The number of aromatic nitrogens is 4. The van der Waals surface area contributed by atoms with E-state index in [4.69, 9.17) is 10.1 Å². The van der Waals surface area contributed by atoms with Crippen LogP contribution in [0.2, 0.25) is 0 Å². The monoisotopic (exact) mass is 367 g/mol. The highest BCUT2D eigenvalue weighted by atomic mass is 16.4. The van der Waals surface area contributed by atoms with Crippen LogP contribution in [0.3, 0.4) is 0 Å². The molecule has 0 saturated carbocycles. The van der Waals surface area contributed by atoms with Gasteiger partial charge in [0, 0.05) is 25.6 Å². The Morgan fingerprint density at radius 2 is 2.11 bits per heavy atom. The maximum atomic E-state index is 12.6. The number of aromatic carboxylic acids is 1. The largest absolute Gasteiger partial charge is 0.476 e. The van der Waals surface area contributed by atoms with Crippen LogP contribution in [0.4, 0.5) is 0 Å². The summed E-state index contributed by atoms with van der Waals surface area (Å²) >= 11 is 0. The SMILES string of the molecule is Cc1ccc2[nH]c(CCCN3CCn4nc(C(=O)O)cc4C3=O)nc2c1C. The number of carbonyl (C=O) groups is 2. The molecule has 8 heteroatoms. The smallest absolute Gasteiger partial charge is 0.356 e. The third kappa shape index (κ3) is 3.07. The molecule has 2 aromatic heterocycles. The maximum absolute atomic E-state index is 12.6. The standard InChI is InChI=1S/C19H21N5O3/c1-11-5-6-13-17(12(11)2)21-16(20-13)4-3-7-23-8-9-24-15(18(23)25)10-14(22-24)19(26)27/h5-6,10H,3-4,7-9H2,1-2H3,(H,20,21)(H,26,27). The molecule has 0 bridgehead atoms. The summed E-state index contributed by atoms with van der Waals surface area (Å²) < 4.78 is 1.48. The van der Waals surface area contributed by atoms with Crippen molar-refractivity contribution in [3.63, 3.8) is 0 Å². The Labute approximate surface area is 155 Å². The Morgan fingerprint density at radius 1 is 1.30 bits per heavy atom. The van der Waals surface area contributed by atoms with E-state index in [0.29, 0.717) is 25.3 Å². The molecule has 0 fully saturated rings. The Morgan fingerprint density at radius 3 is 2.89 bits per heavy atom. The van der Waals surface area contributed by atoms with Crippen LogP contribution in [-0.2, 0) is 13.0 Å². The molecule has 3 heterocycles. The molecule has 27 heavy (non-hydrogen) atoms. The fourth-order valence-electron chi connectivity index (χ4n) is 3.48. The molecule has 8 nitrogen and oxygen atoms in total. The van der Waals surface area contributed by atoms with Crippen molar-refractivity contribution in [2.24, 2.45) is 0 Å². The highest BCUT2D eigenvalue weighted by molar-refractivity contribution is 5.96. The number of nitrogens with zero attached hydrogens (tertiary/aromatic N) is 4. The molecule has 0 saturated heterocycles. The summed E-state index contributed by atoms with van der Waals surface area (Å²) in [6.45, 7) is 5.79. The summed E-state index contributed by atoms with van der Waals surface area (Å²) in [6.07, 6.45) is 1.53. The molecule has 0 aliphatic carbocycles. The number of hydrogen-bond donors (Lipinski definition) is 2. The van der Waals surface area contributed by atoms with Crippen LogP contribution in [0.25, 0.3) is 11.0 Å². The fourth-order valence-corrected chi connectivity index (χ4v) is 3.48. The number of carboxylic acids is 1. The highest BCUT2D eigenvalue weighted by Gasteiger charge is 2.27. The molecule has 0 radical (unpaired) electrons. The van der Waals surface area contributed by atoms with Gasteiger partial charge in [0.2, 0.25) is 0 Å². The zero-order chi connectivity index (χ0) is 19.1. The lowest BCUT2D eigenvalue weighted by Crippen LogP contribution is -2.41. The van der Waals surface area contributed by atoms with Gasteiger partial charge in [-0.1, -0.05) is 6.07 Å². The number of nitrogens with one attached hydrogen (secondary N) is 1. The summed E-state index contributed by atoms with van der Waals surface area (Å²) in [5, 5.41) is 13.0. The first-order chi connectivity index (χ1) is 12.9. The summed E-state index contributed by atoms with van der Waals surface area (Å²) in [7, 11) is 0. The van der Waals surface area contributed by atoms with Crippen molar-refractivity contribution < 1.29 is 14.7 Å². The van der Waals surface area contributed by atoms with Gasteiger partial charge < -0.3 is 15.0 Å². The summed E-state index contributed by atoms with van der Waals surface area (Å²) in [5.41, 5.74) is 4.69. The highest BCUT2D eigenvalue weighted by Crippen LogP contribution is 2.20. The van der Waals surface area contributed by atoms with Gasteiger partial charge in [0.25, 0.3) is 5.91 Å². The molecule has 0 unspecified atom stereocenters. The van der Waals surface area contributed by atoms with Gasteiger partial charge >= 0.3 is 5.97 Å². The fraction of sp³-hybridized carbons (Fsp3) is 0.368. The quantitative estimate of drug-likeness (QED) is 0.719. The van der Waals surface area contributed by atoms with Crippen molar-refractivity contribution in [1.29, 1.82) is 0 Å². The van der Waals surface area contributed by atoms with Gasteiger partial charge in [-0.25, -0.2) is 9.78 Å². The van der Waals surface area contributed by atoms with E-state index in [1.807, 2.05) is 6.07 Å². The molecule has 0 spiro atoms. The number of H-pyrrole nitrogens is 1. The van der Waals surface area contributed by atoms with Crippen LogP contribution >= 0.6 is 0 Å². The second-order valence-corrected chi connectivity index (χ2v) is 6.93. The number of benzene rings is 1. The molecule has 4 rings (SSSR count). The molecule has 1 aliphatic rings. The number of aryl methyl sites for hydroxylation is 3. The topological polar surface area (TPSA) is 104 Å². The summed E-state index contributed by atoms with van der Waals surface area (Å²) in [6, 6.07) is 5.48. The lowest BCUT2D eigenvalue weighted by Gasteiger charge is -2.27. The molecular formula is C19H21N5O3. The van der Waals surface area contributed by atoms with Crippen molar-refractivity contribution in [2.75, 3.05) is 13.1 Å². The Kier molecular flexibility index (Phi) is 4.18. The van der Waals surface area contributed by atoms with Gasteiger partial charge in [-0.05, 0) is 37.5 Å². The van der Waals surface area contributed by atoms with Gasteiger partial charge in [0.05, 0.1) is 17.6 Å². The second-order valence-electron chi connectivity index (χ2n) is 6.93. The van der Waals surface area contributed by atoms with E-state index in [1.165, 1.54) is 21.9 Å². The molecule has 140 valence electrons. The lowest BCUT2D eigenvalue weighted by atomic mass is 10.1. The van der Waals surface area contributed by atoms with Crippen LogP contribution < -0.4 is 0 Å². The zero-order valence-corrected chi connectivity index (χ0v) is 15.3. The zero-order valence-electron chi connectivity index (χ0n) is 15.3. The summed E-state index contributed by atoms with van der Waals surface area (Å²) in [4.78, 5) is 33.4. The van der Waals surface area contributed by atoms with Gasteiger partial charge in [0.15, 0.2) is 5.69 Å². The minimum absolute atomic E-state index is 0.0897. The van der Waals surface area contributed by atoms with Crippen LogP contribution in [0, 0.1) is 13.8 Å². The van der Waals surface area contributed by atoms with Crippen molar-refractivity contribution in [3.8, 4) is 0 Å². The lowest BCUT2D eigenvalue weighted by molar-refractivity contribution is 0.0676. The molecule has 3 aromatic rings. The Bertz CT molecular complexity index is 1050. The molecule has 1 aromatic carbocycles. The van der Waals surface area contributed by atoms with Crippen LogP contribution in [0.15, 0.2) is 18.2 Å². The van der Waals surface area contributed by atoms with E-state index in [-0.39, 0.29) is 11.6 Å². The normalized spacial score (nSPS) is 14.0. The number of carboxylic acid groups (broad SMARTS) is 1. The van der Waals surface area contributed by atoms with E-state index >= 15 is 0 Å². The Balaban J connectivity index is 1.41. The van der Waals surface area contributed by atoms with Crippen molar-refractivity contribution in [1.82, 2.24) is 24.6 Å². The van der Waals surface area contributed by atoms with Gasteiger partial charge in [-0.15, -0.1) is 0 Å². The maximum Gasteiger partial charge on any atom is 0.356 e. The number of aromatic amines is 1. The molecule has 0 atom stereocenters. The Hall–Kier alpha value is -3.16. The number of imidazole rings is 1. The van der Waals surface area contributed by atoms with Crippen molar-refractivity contribution in [2.45, 2.75) is 33.2 Å². The minimum Gasteiger partial charge on any atom is -0.476 e. The van der Waals surface area contributed by atoms with Crippen LogP contribution in [-0.4, -0.2) is 54.7 Å². The predicted molar refractivity (Wildman–Crippen MR) is 99.0 cm³/mol. The average Bonchev–Trinajstić information content (AvgIpc) is 3.25. The number of hydrogen-bond acceptors (Lipinski definition) is 4. The van der Waals surface area contributed by atoms with E-state index in [9.17, 15) is 9.59 Å². The molecule has 1 amide bonds. The van der Waals surface area contributed by atoms with Crippen molar-refractivity contribution >= 4 is 22.9 Å². The second kappa shape index (κ2) is 6.53. The molecule has 1 aliphatic heterocycles. The molecule has 2 N–H and O–H groups in total. The number of amides is 1. The first-order valence-electron chi connectivity index (χ1n) is 8.99. The van der Waals surface area contributed by atoms with Crippen molar-refractivity contribution in [3.05, 3.63) is 46.5 Å². The number of rotatable bonds is 5. The van der Waals surface area contributed by atoms with Gasteiger partial charge in [0.1, 0.15) is 11.5 Å². The van der Waals surface area contributed by atoms with E-state index < -0.39 is 5.97 Å². The van der Waals surface area contributed by atoms with E-state index in [1.54, 1.807) is 4.90 Å². The van der Waals surface area contributed by atoms with E-state index in [0.717, 1.165) is 29.7 Å². The number of fused-ring (bicyclic) bond motifs is 2. The third-order valence-electron chi connectivity index (χ3n) is 5.16. The first kappa shape index (κ1) is 17.3.